The van der Waals surface area contributed by atoms with Crippen molar-refractivity contribution in [2.45, 2.75) is 52.1 Å². The molecule has 0 bridgehead atoms. The Morgan fingerprint density at radius 2 is 1.83 bits per heavy atom. The van der Waals surface area contributed by atoms with Gasteiger partial charge >= 0.3 is 24.2 Å². The van der Waals surface area contributed by atoms with Gasteiger partial charge in [-0.2, -0.15) is 13.2 Å². The lowest BCUT2D eigenvalue weighted by Gasteiger charge is -2.21. The Labute approximate surface area is 169 Å². The Bertz CT molecular complexity index is 790. The van der Waals surface area contributed by atoms with Crippen LogP contribution in [0, 0.1) is 0 Å². The summed E-state index contributed by atoms with van der Waals surface area (Å²) in [4.78, 5) is 46.7. The molecule has 1 aromatic heterocycles. The predicted octanol–water partition coefficient (Wildman–Crippen LogP) is 0.644. The highest BCUT2D eigenvalue weighted by atomic mass is 19.4. The van der Waals surface area contributed by atoms with E-state index in [-0.39, 0.29) is 5.56 Å². The molecule has 1 rings (SSSR count). The van der Waals surface area contributed by atoms with Crippen molar-refractivity contribution < 1.29 is 46.5 Å². The third kappa shape index (κ3) is 8.41. The number of hydrogen-bond acceptors (Lipinski definition) is 7. The summed E-state index contributed by atoms with van der Waals surface area (Å²) in [5, 5.41) is 8.45. The van der Waals surface area contributed by atoms with E-state index >= 15 is 0 Å². The van der Waals surface area contributed by atoms with E-state index in [4.69, 9.17) is 4.74 Å². The Morgan fingerprint density at radius 1 is 1.20 bits per heavy atom. The quantitative estimate of drug-likeness (QED) is 0.381. The summed E-state index contributed by atoms with van der Waals surface area (Å²) < 4.78 is 46.9. The lowest BCUT2D eigenvalue weighted by molar-refractivity contribution is -0.754. The van der Waals surface area contributed by atoms with Gasteiger partial charge in [0.05, 0.1) is 5.56 Å². The van der Waals surface area contributed by atoms with E-state index in [0.717, 1.165) is 10.9 Å². The average Bonchev–Trinajstić information content (AvgIpc) is 2.59. The average molecular weight is 435 g/mol. The standard InChI is InChI=1S/C17H21F3N4O6/c1-5-21-12(25)10-6-7-24(22-8-10)9-11(23-15(28)30-16(2,3)4)13(26)29-14(27)17(18,19)20/h6-8,11H,5,9H2,1-4H3,(H-,21,23,25,28)/p+1/t11-/m0/s1. The molecule has 0 fully saturated rings. The van der Waals surface area contributed by atoms with Gasteiger partial charge in [-0.05, 0) is 32.8 Å². The fourth-order valence-corrected chi connectivity index (χ4v) is 1.93. The molecule has 2 amide bonds. The monoisotopic (exact) mass is 435 g/mol. The zero-order valence-corrected chi connectivity index (χ0v) is 16.7. The molecule has 10 nitrogen and oxygen atoms in total. The molecule has 0 aromatic carbocycles. The number of halogens is 3. The van der Waals surface area contributed by atoms with Crippen molar-refractivity contribution >= 4 is 23.9 Å². The van der Waals surface area contributed by atoms with Crippen LogP contribution in [0.5, 0.6) is 0 Å². The Morgan fingerprint density at radius 3 is 2.30 bits per heavy atom. The smallest absolute Gasteiger partial charge is 0.444 e. The summed E-state index contributed by atoms with van der Waals surface area (Å²) in [7, 11) is 0. The fraction of sp³-hybridized carbons (Fsp3) is 0.529. The predicted molar refractivity (Wildman–Crippen MR) is 92.8 cm³/mol. The number of carbonyl (C=O) groups excluding carboxylic acids is 4. The molecule has 166 valence electrons. The molecule has 0 radical (unpaired) electrons. The van der Waals surface area contributed by atoms with Crippen molar-refractivity contribution in [2.75, 3.05) is 6.54 Å². The van der Waals surface area contributed by atoms with Gasteiger partial charge in [0.1, 0.15) is 11.8 Å². The van der Waals surface area contributed by atoms with Gasteiger partial charge in [0, 0.05) is 12.6 Å². The van der Waals surface area contributed by atoms with Crippen molar-refractivity contribution in [1.82, 2.24) is 15.7 Å². The van der Waals surface area contributed by atoms with Gasteiger partial charge in [-0.25, -0.2) is 14.4 Å². The summed E-state index contributed by atoms with van der Waals surface area (Å²) in [5.74, 6) is -4.80. The third-order valence-electron chi connectivity index (χ3n) is 3.14. The van der Waals surface area contributed by atoms with Gasteiger partial charge in [-0.3, -0.25) is 4.79 Å². The second kappa shape index (κ2) is 9.98. The van der Waals surface area contributed by atoms with Crippen LogP contribution < -0.4 is 15.3 Å². The first-order valence-corrected chi connectivity index (χ1v) is 8.69. The molecule has 0 aliphatic carbocycles. The van der Waals surface area contributed by atoms with Crippen LogP contribution in [0.4, 0.5) is 18.0 Å². The number of alkyl carbamates (subject to hydrolysis) is 1. The van der Waals surface area contributed by atoms with Crippen LogP contribution in [-0.2, 0) is 25.6 Å². The summed E-state index contributed by atoms with van der Waals surface area (Å²) in [5.41, 5.74) is -0.764. The van der Waals surface area contributed by atoms with E-state index in [1.165, 1.54) is 33.0 Å². The van der Waals surface area contributed by atoms with Crippen molar-refractivity contribution in [3.8, 4) is 0 Å². The van der Waals surface area contributed by atoms with Gasteiger partial charge in [0.25, 0.3) is 5.91 Å². The number of rotatable bonds is 6. The van der Waals surface area contributed by atoms with E-state index in [1.807, 2.05) is 5.32 Å². The first-order chi connectivity index (χ1) is 13.7. The molecule has 1 aromatic rings. The third-order valence-corrected chi connectivity index (χ3v) is 3.14. The van der Waals surface area contributed by atoms with Gasteiger partial charge in [-0.1, -0.05) is 4.68 Å². The molecule has 30 heavy (non-hydrogen) atoms. The fourth-order valence-electron chi connectivity index (χ4n) is 1.93. The molecule has 0 spiro atoms. The van der Waals surface area contributed by atoms with Crippen molar-refractivity contribution in [3.05, 3.63) is 24.0 Å². The summed E-state index contributed by atoms with van der Waals surface area (Å²) in [6, 6.07) is -0.395. The number of hydrogen-bond donors (Lipinski definition) is 2. The Hall–Kier alpha value is -3.25. The summed E-state index contributed by atoms with van der Waals surface area (Å²) in [6.07, 6.45) is -4.11. The molecular weight excluding hydrogens is 413 g/mol. The minimum Gasteiger partial charge on any atom is -0.444 e. The second-order valence-electron chi connectivity index (χ2n) is 6.90. The van der Waals surface area contributed by atoms with Crippen LogP contribution in [-0.4, -0.2) is 53.4 Å². The van der Waals surface area contributed by atoms with E-state index in [2.05, 4.69) is 15.2 Å². The lowest BCUT2D eigenvalue weighted by atomic mass is 10.2. The normalized spacial score (nSPS) is 12.5. The number of nitrogens with one attached hydrogen (secondary N) is 2. The van der Waals surface area contributed by atoms with Gasteiger partial charge in [0.15, 0.2) is 12.2 Å². The molecule has 1 atom stereocenters. The van der Waals surface area contributed by atoms with E-state index in [0.29, 0.717) is 6.54 Å². The van der Waals surface area contributed by atoms with Gasteiger partial charge in [0.2, 0.25) is 6.54 Å². The maximum Gasteiger partial charge on any atom is 0.491 e. The minimum atomic E-state index is -5.40. The molecule has 0 aliphatic heterocycles. The number of aromatic nitrogens is 2. The van der Waals surface area contributed by atoms with Crippen LogP contribution in [0.2, 0.25) is 0 Å². The van der Waals surface area contributed by atoms with Crippen molar-refractivity contribution in [3.63, 3.8) is 0 Å². The molecular formula is C17H22F3N4O6+. The summed E-state index contributed by atoms with van der Waals surface area (Å²) in [6.45, 7) is 6.19. The number of amides is 2. The van der Waals surface area contributed by atoms with Crippen LogP contribution in [0.15, 0.2) is 18.5 Å². The molecule has 13 heteroatoms. The number of alkyl halides is 3. The minimum absolute atomic E-state index is 0.194. The zero-order chi connectivity index (χ0) is 23.1. The van der Waals surface area contributed by atoms with Crippen LogP contribution in [0.3, 0.4) is 0 Å². The van der Waals surface area contributed by atoms with Crippen LogP contribution in [0.1, 0.15) is 38.1 Å². The lowest BCUT2D eigenvalue weighted by Crippen LogP contribution is -2.55. The number of ether oxygens (including phenoxy) is 2. The van der Waals surface area contributed by atoms with Gasteiger partial charge < -0.3 is 20.1 Å². The van der Waals surface area contributed by atoms with Crippen LogP contribution >= 0.6 is 0 Å². The number of nitrogens with zero attached hydrogens (tertiary/aromatic N) is 2. The topological polar surface area (TPSA) is 128 Å². The van der Waals surface area contributed by atoms with Crippen molar-refractivity contribution in [2.24, 2.45) is 0 Å². The molecule has 1 heterocycles. The maximum atomic E-state index is 12.4. The zero-order valence-electron chi connectivity index (χ0n) is 16.7. The SMILES string of the molecule is CCNC(=O)c1cc[n+](C[C@H](NC(=O)OC(C)(C)C)C(=O)OC(=O)C(F)(F)F)nc1. The van der Waals surface area contributed by atoms with E-state index in [9.17, 15) is 32.3 Å². The van der Waals surface area contributed by atoms with Crippen LogP contribution in [0.25, 0.3) is 0 Å². The Kier molecular flexibility index (Phi) is 8.25. The molecule has 0 aliphatic rings. The summed E-state index contributed by atoms with van der Waals surface area (Å²) >= 11 is 0. The molecule has 0 saturated heterocycles. The first-order valence-electron chi connectivity index (χ1n) is 8.69. The highest BCUT2D eigenvalue weighted by molar-refractivity contribution is 5.93. The second-order valence-corrected chi connectivity index (χ2v) is 6.90. The van der Waals surface area contributed by atoms with Crippen molar-refractivity contribution in [1.29, 1.82) is 0 Å². The highest BCUT2D eigenvalue weighted by Crippen LogP contribution is 2.17. The maximum absolute atomic E-state index is 12.4. The number of carbonyl (C=O) groups is 4. The van der Waals surface area contributed by atoms with E-state index in [1.54, 1.807) is 6.92 Å². The van der Waals surface area contributed by atoms with Gasteiger partial charge in [-0.15, -0.1) is 0 Å². The van der Waals surface area contributed by atoms with E-state index < -0.39 is 48.3 Å². The highest BCUT2D eigenvalue weighted by Gasteiger charge is 2.44. The number of esters is 2. The Balaban J connectivity index is 2.99. The molecule has 2 N–H and O–H groups in total. The molecule has 0 unspecified atom stereocenters. The molecule has 0 saturated carbocycles. The first kappa shape index (κ1) is 24.8. The largest absolute Gasteiger partial charge is 0.491 e.